The number of pyridine rings is 1. The lowest BCUT2D eigenvalue weighted by Crippen LogP contribution is -2.58. The van der Waals surface area contributed by atoms with E-state index >= 15 is 0 Å². The molecule has 1 aliphatic heterocycles. The Bertz CT molecular complexity index is 734. The van der Waals surface area contributed by atoms with Crippen molar-refractivity contribution in [1.29, 1.82) is 0 Å². The van der Waals surface area contributed by atoms with E-state index in [9.17, 15) is 9.59 Å². The fourth-order valence-corrected chi connectivity index (χ4v) is 6.67. The summed E-state index contributed by atoms with van der Waals surface area (Å²) in [5, 5.41) is 0. The Hall–Kier alpha value is -2.11. The summed E-state index contributed by atoms with van der Waals surface area (Å²) in [7, 11) is 0. The van der Waals surface area contributed by atoms with Crippen LogP contribution in [-0.4, -0.2) is 47.9 Å². The van der Waals surface area contributed by atoms with Gasteiger partial charge < -0.3 is 15.5 Å². The Morgan fingerprint density at radius 3 is 2.15 bits per heavy atom. The minimum atomic E-state index is -0.454. The zero-order valence-corrected chi connectivity index (χ0v) is 15.8. The van der Waals surface area contributed by atoms with Gasteiger partial charge in [-0.2, -0.15) is 0 Å². The SMILES string of the molecule is NC(=O)c1cccnc1N1CCN(C(=O)C23CC4CC(CC(C4)C2)C3)CC1. The van der Waals surface area contributed by atoms with Gasteiger partial charge in [0.1, 0.15) is 5.82 Å². The lowest BCUT2D eigenvalue weighted by Gasteiger charge is -2.57. The van der Waals surface area contributed by atoms with Crippen LogP contribution in [0.25, 0.3) is 0 Å². The topological polar surface area (TPSA) is 79.5 Å². The van der Waals surface area contributed by atoms with Crippen molar-refractivity contribution in [1.82, 2.24) is 9.88 Å². The number of anilines is 1. The highest BCUT2D eigenvalue weighted by Gasteiger charge is 2.55. The maximum absolute atomic E-state index is 13.5. The van der Waals surface area contributed by atoms with Crippen LogP contribution in [0.2, 0.25) is 0 Å². The number of aromatic nitrogens is 1. The van der Waals surface area contributed by atoms with Crippen molar-refractivity contribution in [3.63, 3.8) is 0 Å². The maximum Gasteiger partial charge on any atom is 0.252 e. The molecule has 4 saturated carbocycles. The highest BCUT2D eigenvalue weighted by atomic mass is 16.2. The number of nitrogens with two attached hydrogens (primary N) is 1. The summed E-state index contributed by atoms with van der Waals surface area (Å²) >= 11 is 0. The molecular formula is C21H28N4O2. The van der Waals surface area contributed by atoms with Crippen LogP contribution in [-0.2, 0) is 4.79 Å². The second kappa shape index (κ2) is 6.21. The molecule has 4 aliphatic carbocycles. The summed E-state index contributed by atoms with van der Waals surface area (Å²) in [6.07, 6.45) is 9.11. The molecule has 144 valence electrons. The first-order valence-electron chi connectivity index (χ1n) is 10.3. The van der Waals surface area contributed by atoms with Crippen molar-refractivity contribution in [2.75, 3.05) is 31.1 Å². The summed E-state index contributed by atoms with van der Waals surface area (Å²) in [5.74, 6) is 2.95. The van der Waals surface area contributed by atoms with Crippen molar-refractivity contribution in [2.24, 2.45) is 28.9 Å². The normalized spacial score (nSPS) is 34.7. The van der Waals surface area contributed by atoms with Gasteiger partial charge in [-0.1, -0.05) is 0 Å². The Morgan fingerprint density at radius 1 is 1.00 bits per heavy atom. The molecule has 2 heterocycles. The fraction of sp³-hybridized carbons (Fsp3) is 0.667. The number of primary amides is 1. The van der Waals surface area contributed by atoms with E-state index in [-0.39, 0.29) is 5.41 Å². The molecule has 6 nitrogen and oxygen atoms in total. The molecule has 6 rings (SSSR count). The Balaban J connectivity index is 1.29. The molecule has 5 fully saturated rings. The van der Waals surface area contributed by atoms with Gasteiger partial charge in [0, 0.05) is 32.4 Å². The molecule has 2 amide bonds. The standard InChI is InChI=1S/C21H28N4O2/c22-18(26)17-2-1-3-23-19(17)24-4-6-25(7-5-24)20(27)21-11-14-8-15(12-21)10-16(9-14)13-21/h1-3,14-16H,4-13H2,(H2,22,26). The van der Waals surface area contributed by atoms with E-state index in [0.29, 0.717) is 43.5 Å². The van der Waals surface area contributed by atoms with E-state index in [4.69, 9.17) is 5.73 Å². The highest BCUT2D eigenvalue weighted by molar-refractivity contribution is 5.97. The summed E-state index contributed by atoms with van der Waals surface area (Å²) in [4.78, 5) is 33.7. The molecule has 2 N–H and O–H groups in total. The van der Waals surface area contributed by atoms with E-state index in [2.05, 4.69) is 14.8 Å². The summed E-state index contributed by atoms with van der Waals surface area (Å²) in [6, 6.07) is 3.45. The fourth-order valence-electron chi connectivity index (χ4n) is 6.67. The largest absolute Gasteiger partial charge is 0.365 e. The average molecular weight is 368 g/mol. The summed E-state index contributed by atoms with van der Waals surface area (Å²) in [5.41, 5.74) is 5.88. The Labute approximate surface area is 160 Å². The van der Waals surface area contributed by atoms with Crippen LogP contribution in [0.4, 0.5) is 5.82 Å². The van der Waals surface area contributed by atoms with Gasteiger partial charge in [0.25, 0.3) is 5.91 Å². The number of piperazine rings is 1. The van der Waals surface area contributed by atoms with Crippen LogP contribution < -0.4 is 10.6 Å². The summed E-state index contributed by atoms with van der Waals surface area (Å²) in [6.45, 7) is 2.81. The minimum Gasteiger partial charge on any atom is -0.365 e. The van der Waals surface area contributed by atoms with Crippen molar-refractivity contribution in [3.8, 4) is 0 Å². The average Bonchev–Trinajstić information content (AvgIpc) is 2.66. The van der Waals surface area contributed by atoms with Crippen molar-refractivity contribution >= 4 is 17.6 Å². The lowest BCUT2D eigenvalue weighted by molar-refractivity contribution is -0.158. The van der Waals surface area contributed by atoms with Gasteiger partial charge in [-0.3, -0.25) is 9.59 Å². The molecule has 1 aromatic heterocycles. The van der Waals surface area contributed by atoms with Crippen LogP contribution in [0.3, 0.4) is 0 Å². The zero-order chi connectivity index (χ0) is 18.6. The van der Waals surface area contributed by atoms with E-state index in [0.717, 1.165) is 37.0 Å². The van der Waals surface area contributed by atoms with Gasteiger partial charge in [0.05, 0.1) is 11.0 Å². The lowest BCUT2D eigenvalue weighted by atomic mass is 9.49. The van der Waals surface area contributed by atoms with Gasteiger partial charge in [-0.15, -0.1) is 0 Å². The van der Waals surface area contributed by atoms with Crippen LogP contribution >= 0.6 is 0 Å². The second-order valence-electron chi connectivity index (χ2n) is 9.22. The first-order valence-corrected chi connectivity index (χ1v) is 10.3. The minimum absolute atomic E-state index is 0.0691. The Kier molecular flexibility index (Phi) is 3.92. The number of amides is 2. The van der Waals surface area contributed by atoms with Crippen LogP contribution in [0.5, 0.6) is 0 Å². The van der Waals surface area contributed by atoms with E-state index in [1.54, 1.807) is 18.3 Å². The number of rotatable bonds is 3. The molecule has 4 bridgehead atoms. The van der Waals surface area contributed by atoms with Crippen LogP contribution in [0, 0.1) is 23.2 Å². The number of hydrogen-bond acceptors (Lipinski definition) is 4. The number of carbonyl (C=O) groups is 2. The number of hydrogen-bond donors (Lipinski definition) is 1. The predicted molar refractivity (Wildman–Crippen MR) is 102 cm³/mol. The summed E-state index contributed by atoms with van der Waals surface area (Å²) < 4.78 is 0. The molecular weight excluding hydrogens is 340 g/mol. The smallest absolute Gasteiger partial charge is 0.252 e. The van der Waals surface area contributed by atoms with Crippen molar-refractivity contribution < 1.29 is 9.59 Å². The van der Waals surface area contributed by atoms with Gasteiger partial charge >= 0.3 is 0 Å². The monoisotopic (exact) mass is 368 g/mol. The van der Waals surface area contributed by atoms with Gasteiger partial charge in [-0.25, -0.2) is 4.98 Å². The molecule has 0 aromatic carbocycles. The van der Waals surface area contributed by atoms with E-state index in [1.165, 1.54) is 19.3 Å². The maximum atomic E-state index is 13.5. The molecule has 0 radical (unpaired) electrons. The third kappa shape index (κ3) is 2.80. The van der Waals surface area contributed by atoms with Crippen LogP contribution in [0.1, 0.15) is 48.9 Å². The molecule has 0 spiro atoms. The van der Waals surface area contributed by atoms with Crippen LogP contribution in [0.15, 0.2) is 18.3 Å². The Morgan fingerprint density at radius 2 is 1.59 bits per heavy atom. The van der Waals surface area contributed by atoms with Crippen molar-refractivity contribution in [2.45, 2.75) is 38.5 Å². The number of nitrogens with zero attached hydrogens (tertiary/aromatic N) is 3. The molecule has 5 aliphatic rings. The first-order chi connectivity index (χ1) is 13.0. The molecule has 6 heteroatoms. The van der Waals surface area contributed by atoms with Gasteiger partial charge in [0.15, 0.2) is 0 Å². The van der Waals surface area contributed by atoms with Crippen molar-refractivity contribution in [3.05, 3.63) is 23.9 Å². The van der Waals surface area contributed by atoms with E-state index in [1.807, 2.05) is 0 Å². The third-order valence-electron chi connectivity index (χ3n) is 7.41. The number of carbonyl (C=O) groups excluding carboxylic acids is 2. The zero-order valence-electron chi connectivity index (χ0n) is 15.8. The molecule has 1 aromatic rings. The predicted octanol–water partition coefficient (Wildman–Crippen LogP) is 2.05. The quantitative estimate of drug-likeness (QED) is 0.885. The highest BCUT2D eigenvalue weighted by Crippen LogP contribution is 2.60. The third-order valence-corrected chi connectivity index (χ3v) is 7.41. The van der Waals surface area contributed by atoms with Gasteiger partial charge in [-0.05, 0) is 68.4 Å². The first kappa shape index (κ1) is 17.0. The molecule has 27 heavy (non-hydrogen) atoms. The molecule has 0 atom stereocenters. The molecule has 0 unspecified atom stereocenters. The van der Waals surface area contributed by atoms with E-state index < -0.39 is 5.91 Å². The van der Waals surface area contributed by atoms with Gasteiger partial charge in [0.2, 0.25) is 5.91 Å². The molecule has 1 saturated heterocycles. The second-order valence-corrected chi connectivity index (χ2v) is 9.22.